The molecule has 5 nitrogen and oxygen atoms in total. The first-order chi connectivity index (χ1) is 14.9. The Kier molecular flexibility index (Phi) is 7.56. The molecule has 0 radical (unpaired) electrons. The van der Waals surface area contributed by atoms with Crippen LogP contribution in [0.3, 0.4) is 0 Å². The van der Waals surface area contributed by atoms with E-state index in [0.717, 1.165) is 26.0 Å². The van der Waals surface area contributed by atoms with Crippen molar-refractivity contribution in [2.45, 2.75) is 24.7 Å². The van der Waals surface area contributed by atoms with Crippen molar-refractivity contribution in [2.75, 3.05) is 22.9 Å². The van der Waals surface area contributed by atoms with Gasteiger partial charge in [0.1, 0.15) is 0 Å². The first-order valence-electron chi connectivity index (χ1n) is 9.87. The quantitative estimate of drug-likeness (QED) is 0.408. The van der Waals surface area contributed by atoms with E-state index in [1.165, 1.54) is 31.0 Å². The summed E-state index contributed by atoms with van der Waals surface area (Å²) >= 11 is 1.49. The fourth-order valence-corrected chi connectivity index (χ4v) is 5.81. The number of carbonyl (C=O) groups excluding carboxylic acids is 1. The molecule has 0 spiro atoms. The maximum atomic E-state index is 14.2. The number of amides is 1. The molecule has 3 rings (SSSR count). The zero-order valence-corrected chi connectivity index (χ0v) is 19.0. The van der Waals surface area contributed by atoms with E-state index < -0.39 is 21.7 Å². The molecule has 0 fully saturated rings. The van der Waals surface area contributed by atoms with Crippen molar-refractivity contribution in [3.05, 3.63) is 66.5 Å². The number of fused-ring (bicyclic) bond motifs is 1. The Labute approximate surface area is 186 Å². The van der Waals surface area contributed by atoms with Gasteiger partial charge in [-0.25, -0.2) is 17.1 Å². The number of rotatable bonds is 9. The zero-order chi connectivity index (χ0) is 22.4. The van der Waals surface area contributed by atoms with Crippen LogP contribution in [0.15, 0.2) is 65.6 Å². The van der Waals surface area contributed by atoms with Gasteiger partial charge < -0.3 is 4.74 Å². The van der Waals surface area contributed by atoms with Crippen LogP contribution in [0, 0.1) is 5.82 Å². The summed E-state index contributed by atoms with van der Waals surface area (Å²) in [5.41, 5.74) is -0.0214. The average Bonchev–Trinajstić information content (AvgIpc) is 2.74. The first kappa shape index (κ1) is 23.1. The minimum Gasteiger partial charge on any atom is -0.494 e. The van der Waals surface area contributed by atoms with Gasteiger partial charge in [0.05, 0.1) is 18.6 Å². The molecule has 8 heteroatoms. The summed E-state index contributed by atoms with van der Waals surface area (Å²) in [6.07, 6.45) is 0.333. The molecule has 0 N–H and O–H groups in total. The van der Waals surface area contributed by atoms with E-state index in [9.17, 15) is 17.6 Å². The molecule has 0 aromatic heterocycles. The molecule has 1 amide bonds. The number of thioether (sulfide) groups is 1. The summed E-state index contributed by atoms with van der Waals surface area (Å²) in [6, 6.07) is 17.6. The van der Waals surface area contributed by atoms with Crippen LogP contribution in [0.5, 0.6) is 5.75 Å². The fourth-order valence-electron chi connectivity index (χ4n) is 3.26. The number of anilines is 1. The number of sulfonamides is 1. The Balaban J connectivity index is 1.81. The van der Waals surface area contributed by atoms with Gasteiger partial charge in [0.15, 0.2) is 11.6 Å². The van der Waals surface area contributed by atoms with Gasteiger partial charge in [-0.1, -0.05) is 43.3 Å². The number of hydrogen-bond donors (Lipinski definition) is 0. The van der Waals surface area contributed by atoms with Gasteiger partial charge in [-0.2, -0.15) is 0 Å². The number of nitrogens with zero attached hydrogens (tertiary/aromatic N) is 1. The van der Waals surface area contributed by atoms with Gasteiger partial charge in [0.25, 0.3) is 0 Å². The summed E-state index contributed by atoms with van der Waals surface area (Å²) in [5.74, 6) is -1.15. The highest BCUT2D eigenvalue weighted by molar-refractivity contribution is 7.99. The largest absolute Gasteiger partial charge is 0.494 e. The van der Waals surface area contributed by atoms with Crippen molar-refractivity contribution in [2.24, 2.45) is 0 Å². The molecular weight excluding hydrogens is 437 g/mol. The highest BCUT2D eigenvalue weighted by Crippen LogP contribution is 2.30. The van der Waals surface area contributed by atoms with Gasteiger partial charge in [0.2, 0.25) is 15.9 Å². The lowest BCUT2D eigenvalue weighted by Crippen LogP contribution is -2.38. The third-order valence-corrected chi connectivity index (χ3v) is 7.63. The van der Waals surface area contributed by atoms with Crippen molar-refractivity contribution in [1.29, 1.82) is 0 Å². The minimum absolute atomic E-state index is 0.00944. The molecule has 0 aliphatic heterocycles. The molecule has 3 aromatic rings. The van der Waals surface area contributed by atoms with Crippen LogP contribution in [0.25, 0.3) is 10.8 Å². The normalized spacial score (nSPS) is 11.5. The Morgan fingerprint density at radius 1 is 1.10 bits per heavy atom. The standard InChI is InChI=1S/C23H24FNO4S2/c1-3-15-31(27,28)25(18-11-12-21(29-2)20(24)16-18)23(26)13-14-30-22-10-6-8-17-7-4-5-9-19(17)22/h4-12,16H,3,13-15H2,1-2H3. The SMILES string of the molecule is CCCS(=O)(=O)N(C(=O)CCSc1cccc2ccccc12)c1ccc(OC)c(F)c1. The van der Waals surface area contributed by atoms with E-state index in [1.54, 1.807) is 6.92 Å². The second-order valence-electron chi connectivity index (χ2n) is 6.87. The molecule has 31 heavy (non-hydrogen) atoms. The molecular formula is C23H24FNO4S2. The Hall–Kier alpha value is -2.58. The molecule has 0 bridgehead atoms. The molecule has 0 atom stereocenters. The monoisotopic (exact) mass is 461 g/mol. The molecule has 0 saturated carbocycles. The molecule has 164 valence electrons. The predicted octanol–water partition coefficient (Wildman–Crippen LogP) is 5.24. The molecule has 0 aliphatic rings. The topological polar surface area (TPSA) is 63.7 Å². The lowest BCUT2D eigenvalue weighted by Gasteiger charge is -2.23. The molecule has 0 aliphatic carbocycles. The number of halogens is 1. The van der Waals surface area contributed by atoms with E-state index in [4.69, 9.17) is 4.74 Å². The number of ether oxygens (including phenoxy) is 1. The maximum Gasteiger partial charge on any atom is 0.241 e. The van der Waals surface area contributed by atoms with Crippen molar-refractivity contribution < 1.29 is 22.3 Å². The maximum absolute atomic E-state index is 14.2. The minimum atomic E-state index is -3.92. The number of benzene rings is 3. The first-order valence-corrected chi connectivity index (χ1v) is 12.5. The second kappa shape index (κ2) is 10.2. The summed E-state index contributed by atoms with van der Waals surface area (Å²) < 4.78 is 45.4. The van der Waals surface area contributed by atoms with Gasteiger partial charge in [-0.15, -0.1) is 11.8 Å². The van der Waals surface area contributed by atoms with Crippen LogP contribution in [0.2, 0.25) is 0 Å². The molecule has 3 aromatic carbocycles. The molecule has 0 unspecified atom stereocenters. The lowest BCUT2D eigenvalue weighted by molar-refractivity contribution is -0.117. The van der Waals surface area contributed by atoms with Crippen LogP contribution < -0.4 is 9.04 Å². The molecule has 0 saturated heterocycles. The van der Waals surface area contributed by atoms with E-state index in [-0.39, 0.29) is 23.6 Å². The number of methoxy groups -OCH3 is 1. The van der Waals surface area contributed by atoms with Crippen molar-refractivity contribution in [3.63, 3.8) is 0 Å². The smallest absolute Gasteiger partial charge is 0.241 e. The van der Waals surface area contributed by atoms with Crippen LogP contribution >= 0.6 is 11.8 Å². The van der Waals surface area contributed by atoms with Gasteiger partial charge in [0, 0.05) is 23.1 Å². The van der Waals surface area contributed by atoms with Crippen LogP contribution in [0.4, 0.5) is 10.1 Å². The molecule has 0 heterocycles. The van der Waals surface area contributed by atoms with Gasteiger partial charge in [-0.05, 0) is 35.4 Å². The Morgan fingerprint density at radius 2 is 1.84 bits per heavy atom. The van der Waals surface area contributed by atoms with Crippen LogP contribution in [0.1, 0.15) is 19.8 Å². The van der Waals surface area contributed by atoms with E-state index in [2.05, 4.69) is 0 Å². The Bertz CT molecular complexity index is 1180. The summed E-state index contributed by atoms with van der Waals surface area (Å²) in [7, 11) is -2.60. The van der Waals surface area contributed by atoms with Crippen molar-refractivity contribution >= 4 is 44.2 Å². The van der Waals surface area contributed by atoms with Gasteiger partial charge in [-0.3, -0.25) is 4.79 Å². The van der Waals surface area contributed by atoms with Crippen molar-refractivity contribution in [1.82, 2.24) is 0 Å². The number of carbonyl (C=O) groups is 1. The van der Waals surface area contributed by atoms with E-state index in [0.29, 0.717) is 12.2 Å². The average molecular weight is 462 g/mol. The van der Waals surface area contributed by atoms with E-state index in [1.807, 2.05) is 42.5 Å². The zero-order valence-electron chi connectivity index (χ0n) is 17.4. The van der Waals surface area contributed by atoms with Gasteiger partial charge >= 0.3 is 0 Å². The Morgan fingerprint density at radius 3 is 2.55 bits per heavy atom. The summed E-state index contributed by atoms with van der Waals surface area (Å²) in [6.45, 7) is 1.71. The highest BCUT2D eigenvalue weighted by atomic mass is 32.2. The third-order valence-electron chi connectivity index (χ3n) is 4.66. The summed E-state index contributed by atoms with van der Waals surface area (Å²) in [4.78, 5) is 14.0. The fraction of sp³-hybridized carbons (Fsp3) is 0.261. The van der Waals surface area contributed by atoms with Crippen LogP contribution in [-0.4, -0.2) is 32.9 Å². The highest BCUT2D eigenvalue weighted by Gasteiger charge is 2.29. The summed E-state index contributed by atoms with van der Waals surface area (Å²) in [5, 5.41) is 2.18. The van der Waals surface area contributed by atoms with Crippen LogP contribution in [-0.2, 0) is 14.8 Å². The second-order valence-corrected chi connectivity index (χ2v) is 9.94. The van der Waals surface area contributed by atoms with Crippen molar-refractivity contribution in [3.8, 4) is 5.75 Å². The predicted molar refractivity (Wildman–Crippen MR) is 124 cm³/mol. The third kappa shape index (κ3) is 5.37. The van der Waals surface area contributed by atoms with E-state index >= 15 is 0 Å². The lowest BCUT2D eigenvalue weighted by atomic mass is 10.1. The number of hydrogen-bond acceptors (Lipinski definition) is 5.